The second-order valence-corrected chi connectivity index (χ2v) is 8.95. The molecule has 0 aliphatic carbocycles. The maximum atomic E-state index is 13.4. The summed E-state index contributed by atoms with van der Waals surface area (Å²) in [5, 5.41) is 11.3. The van der Waals surface area contributed by atoms with Crippen LogP contribution >= 0.6 is 0 Å². The quantitative estimate of drug-likeness (QED) is 0.396. The molecule has 32 heavy (non-hydrogen) atoms. The molecular formula is C26H26N2O4. The van der Waals surface area contributed by atoms with E-state index in [-0.39, 0.29) is 29.4 Å². The van der Waals surface area contributed by atoms with E-state index in [0.29, 0.717) is 0 Å². The average molecular weight is 431 g/mol. The summed E-state index contributed by atoms with van der Waals surface area (Å²) in [6.45, 7) is 6.03. The lowest BCUT2D eigenvalue weighted by molar-refractivity contribution is -0.385. The predicted octanol–water partition coefficient (Wildman–Crippen LogP) is 5.50. The van der Waals surface area contributed by atoms with Gasteiger partial charge in [-0.25, -0.2) is 0 Å². The van der Waals surface area contributed by atoms with E-state index >= 15 is 0 Å². The van der Waals surface area contributed by atoms with Gasteiger partial charge in [0.15, 0.2) is 12.4 Å². The first-order chi connectivity index (χ1) is 15.2. The van der Waals surface area contributed by atoms with Gasteiger partial charge in [0.2, 0.25) is 0 Å². The number of carbonyl (C=O) groups is 1. The first kappa shape index (κ1) is 21.6. The first-order valence-corrected chi connectivity index (χ1v) is 10.6. The number of fused-ring (bicyclic) bond motifs is 1. The van der Waals surface area contributed by atoms with E-state index in [1.165, 1.54) is 17.7 Å². The minimum absolute atomic E-state index is 0.0862. The molecule has 0 fully saturated rings. The molecule has 6 heteroatoms. The Morgan fingerprint density at radius 1 is 0.969 bits per heavy atom. The largest absolute Gasteiger partial charge is 0.477 e. The number of anilines is 1. The summed E-state index contributed by atoms with van der Waals surface area (Å²) in [6.07, 6.45) is 0.720. The molecule has 1 heterocycles. The second-order valence-electron chi connectivity index (χ2n) is 8.95. The van der Waals surface area contributed by atoms with Crippen LogP contribution in [-0.2, 0) is 10.2 Å². The van der Waals surface area contributed by atoms with E-state index in [9.17, 15) is 14.9 Å². The van der Waals surface area contributed by atoms with Crippen molar-refractivity contribution in [3.8, 4) is 5.75 Å². The normalized spacial score (nSPS) is 19.2. The molecule has 1 aliphatic rings. The highest BCUT2D eigenvalue weighted by atomic mass is 16.6. The molecule has 0 bridgehead atoms. The van der Waals surface area contributed by atoms with Crippen molar-refractivity contribution < 1.29 is 14.5 Å². The van der Waals surface area contributed by atoms with Gasteiger partial charge in [-0.1, -0.05) is 67.6 Å². The van der Waals surface area contributed by atoms with Gasteiger partial charge in [-0.2, -0.15) is 0 Å². The van der Waals surface area contributed by atoms with Crippen molar-refractivity contribution in [2.24, 2.45) is 0 Å². The monoisotopic (exact) mass is 430 g/mol. The van der Waals surface area contributed by atoms with E-state index in [2.05, 4.69) is 25.1 Å². The fourth-order valence-electron chi connectivity index (χ4n) is 4.97. The summed E-state index contributed by atoms with van der Waals surface area (Å²) in [6, 6.07) is 24.4. The number of amides is 1. The molecule has 3 aromatic rings. The maximum absolute atomic E-state index is 13.4. The summed E-state index contributed by atoms with van der Waals surface area (Å²) in [4.78, 5) is 26.0. The number of rotatable bonds is 5. The molecule has 6 nitrogen and oxygen atoms in total. The Balaban J connectivity index is 1.69. The highest BCUT2D eigenvalue weighted by Gasteiger charge is 2.47. The minimum Gasteiger partial charge on any atom is -0.477 e. The number of nitrogens with zero attached hydrogens (tertiary/aromatic N) is 2. The Morgan fingerprint density at radius 3 is 2.31 bits per heavy atom. The Kier molecular flexibility index (Phi) is 5.46. The van der Waals surface area contributed by atoms with Gasteiger partial charge in [0.25, 0.3) is 5.91 Å². The van der Waals surface area contributed by atoms with Crippen molar-refractivity contribution in [2.75, 3.05) is 11.5 Å². The maximum Gasteiger partial charge on any atom is 0.310 e. The molecular weight excluding hydrogens is 404 g/mol. The fraction of sp³-hybridized carbons (Fsp3) is 0.269. The Hall–Kier alpha value is -3.67. The van der Waals surface area contributed by atoms with Gasteiger partial charge in [0.1, 0.15) is 0 Å². The van der Waals surface area contributed by atoms with E-state index < -0.39 is 10.5 Å². The predicted molar refractivity (Wildman–Crippen MR) is 124 cm³/mol. The molecule has 1 atom stereocenters. The molecule has 0 saturated heterocycles. The molecule has 1 aliphatic heterocycles. The number of nitro benzene ring substituents is 1. The third kappa shape index (κ3) is 3.73. The third-order valence-electron chi connectivity index (χ3n) is 6.20. The number of para-hydroxylation sites is 3. The van der Waals surface area contributed by atoms with Crippen LogP contribution in [0, 0.1) is 10.1 Å². The molecule has 1 unspecified atom stereocenters. The summed E-state index contributed by atoms with van der Waals surface area (Å²) in [5.41, 5.74) is 2.19. The highest BCUT2D eigenvalue weighted by Crippen LogP contribution is 2.50. The van der Waals surface area contributed by atoms with Crippen LogP contribution in [0.4, 0.5) is 11.4 Å². The van der Waals surface area contributed by atoms with Gasteiger partial charge in [-0.05, 0) is 43.5 Å². The van der Waals surface area contributed by atoms with Crippen LogP contribution in [0.15, 0.2) is 78.9 Å². The van der Waals surface area contributed by atoms with Gasteiger partial charge in [0.05, 0.1) is 4.92 Å². The Morgan fingerprint density at radius 2 is 1.59 bits per heavy atom. The lowest BCUT2D eigenvalue weighted by atomic mass is 9.65. The van der Waals surface area contributed by atoms with Crippen LogP contribution in [0.2, 0.25) is 0 Å². The van der Waals surface area contributed by atoms with E-state index in [0.717, 1.165) is 17.7 Å². The van der Waals surface area contributed by atoms with Crippen molar-refractivity contribution in [1.82, 2.24) is 0 Å². The van der Waals surface area contributed by atoms with Crippen LogP contribution in [0.5, 0.6) is 5.75 Å². The Labute approximate surface area is 187 Å². The highest BCUT2D eigenvalue weighted by molar-refractivity contribution is 5.97. The topological polar surface area (TPSA) is 72.7 Å². The van der Waals surface area contributed by atoms with Crippen molar-refractivity contribution >= 4 is 17.3 Å². The summed E-state index contributed by atoms with van der Waals surface area (Å²) >= 11 is 0. The zero-order chi connectivity index (χ0) is 22.9. The molecule has 1 amide bonds. The zero-order valence-electron chi connectivity index (χ0n) is 18.4. The van der Waals surface area contributed by atoms with Crippen LogP contribution < -0.4 is 9.64 Å². The van der Waals surface area contributed by atoms with E-state index in [1.807, 2.05) is 50.2 Å². The SMILES string of the molecule is CC1(c2ccccc2)CC(C)(C)N(C(=O)COc2ccccc2[N+](=O)[O-])c2ccccc21. The van der Waals surface area contributed by atoms with E-state index in [1.54, 1.807) is 17.0 Å². The van der Waals surface area contributed by atoms with Crippen LogP contribution in [-0.4, -0.2) is 23.0 Å². The number of ether oxygens (including phenoxy) is 1. The molecule has 4 rings (SSSR count). The third-order valence-corrected chi connectivity index (χ3v) is 6.20. The van der Waals surface area contributed by atoms with Crippen LogP contribution in [0.25, 0.3) is 0 Å². The lowest BCUT2D eigenvalue weighted by Gasteiger charge is -2.51. The number of hydrogen-bond donors (Lipinski definition) is 0. The molecule has 3 aromatic carbocycles. The molecule has 0 spiro atoms. The van der Waals surface area contributed by atoms with Gasteiger partial charge in [0, 0.05) is 22.7 Å². The lowest BCUT2D eigenvalue weighted by Crippen LogP contribution is -2.57. The molecule has 164 valence electrons. The number of benzene rings is 3. The smallest absolute Gasteiger partial charge is 0.310 e. The standard InChI is InChI=1S/C26H26N2O4/c1-25(2)18-26(3,19-11-5-4-6-12-19)20-13-7-8-14-21(20)27(25)24(29)17-32-23-16-10-9-15-22(23)28(30)31/h4-16H,17-18H2,1-3H3. The summed E-state index contributed by atoms with van der Waals surface area (Å²) in [7, 11) is 0. The van der Waals surface area contributed by atoms with Crippen molar-refractivity contribution in [1.29, 1.82) is 0 Å². The number of hydrogen-bond acceptors (Lipinski definition) is 4. The number of carbonyl (C=O) groups excluding carboxylic acids is 1. The van der Waals surface area contributed by atoms with Crippen molar-refractivity contribution in [2.45, 2.75) is 38.1 Å². The van der Waals surface area contributed by atoms with Crippen LogP contribution in [0.1, 0.15) is 38.3 Å². The Bertz CT molecular complexity index is 1160. The molecule has 0 aromatic heterocycles. The van der Waals surface area contributed by atoms with Crippen LogP contribution in [0.3, 0.4) is 0 Å². The number of nitro groups is 1. The van der Waals surface area contributed by atoms with Gasteiger partial charge in [-0.15, -0.1) is 0 Å². The molecule has 0 saturated carbocycles. The van der Waals surface area contributed by atoms with Crippen molar-refractivity contribution in [3.05, 3.63) is 100 Å². The molecule has 0 N–H and O–H groups in total. The van der Waals surface area contributed by atoms with Gasteiger partial charge in [-0.3, -0.25) is 14.9 Å². The minimum atomic E-state index is -0.509. The summed E-state index contributed by atoms with van der Waals surface area (Å²) in [5.74, 6) is -0.154. The first-order valence-electron chi connectivity index (χ1n) is 10.6. The van der Waals surface area contributed by atoms with E-state index in [4.69, 9.17) is 4.74 Å². The average Bonchev–Trinajstić information content (AvgIpc) is 2.78. The van der Waals surface area contributed by atoms with Crippen molar-refractivity contribution in [3.63, 3.8) is 0 Å². The fourth-order valence-corrected chi connectivity index (χ4v) is 4.97. The molecule has 0 radical (unpaired) electrons. The second kappa shape index (κ2) is 8.11. The van der Waals surface area contributed by atoms with Gasteiger partial charge >= 0.3 is 5.69 Å². The zero-order valence-corrected chi connectivity index (χ0v) is 18.4. The van der Waals surface area contributed by atoms with Gasteiger partial charge < -0.3 is 9.64 Å². The summed E-state index contributed by atoms with van der Waals surface area (Å²) < 4.78 is 5.63.